The molecule has 0 saturated heterocycles. The van der Waals surface area contributed by atoms with Crippen molar-refractivity contribution < 1.29 is 9.53 Å². The monoisotopic (exact) mass is 347 g/mol. The molecule has 3 nitrogen and oxygen atoms in total. The second kappa shape index (κ2) is 6.44. The number of hydrogen-bond acceptors (Lipinski definition) is 3. The summed E-state index contributed by atoms with van der Waals surface area (Å²) in [5.74, 6) is 0.211. The molecular weight excluding hydrogens is 329 g/mol. The molecule has 108 valence electrons. The van der Waals surface area contributed by atoms with Gasteiger partial charge >= 0.3 is 131 Å². The number of hydrogen-bond donors (Lipinski definition) is 0. The third-order valence-electron chi connectivity index (χ3n) is 3.52. The molecule has 2 aromatic rings. The van der Waals surface area contributed by atoms with E-state index in [2.05, 4.69) is 17.0 Å². The molecule has 3 rings (SSSR count). The van der Waals surface area contributed by atoms with E-state index in [-0.39, 0.29) is 25.7 Å². The number of ether oxygens (including phenoxy) is 1. The number of methoxy groups -OCH3 is 1. The molecule has 0 saturated carbocycles. The number of anilines is 1. The zero-order chi connectivity index (χ0) is 14.7. The van der Waals surface area contributed by atoms with Crippen LogP contribution in [0.1, 0.15) is 10.4 Å². The molecular formula is C17H17NO2Se. The first-order valence-corrected chi connectivity index (χ1v) is 8.76. The molecule has 0 radical (unpaired) electrons. The van der Waals surface area contributed by atoms with E-state index >= 15 is 0 Å². The molecule has 0 spiro atoms. The summed E-state index contributed by atoms with van der Waals surface area (Å²) >= 11 is 0.136. The fourth-order valence-corrected chi connectivity index (χ4v) is 5.18. The SMILES string of the molecule is COCCN1c2ccccc2[Se]C1C(=O)c1ccccc1. The predicted molar refractivity (Wildman–Crippen MR) is 85.6 cm³/mol. The van der Waals surface area contributed by atoms with Gasteiger partial charge in [-0.05, 0) is 0 Å². The molecule has 0 amide bonds. The van der Waals surface area contributed by atoms with Crippen LogP contribution in [0.2, 0.25) is 0 Å². The quantitative estimate of drug-likeness (QED) is 0.610. The molecule has 0 aliphatic carbocycles. The van der Waals surface area contributed by atoms with E-state index in [1.807, 2.05) is 42.5 Å². The number of rotatable bonds is 5. The van der Waals surface area contributed by atoms with Crippen LogP contribution in [-0.2, 0) is 4.74 Å². The van der Waals surface area contributed by atoms with Crippen LogP contribution in [0.4, 0.5) is 5.69 Å². The molecule has 21 heavy (non-hydrogen) atoms. The zero-order valence-electron chi connectivity index (χ0n) is 11.9. The Bertz CT molecular complexity index is 630. The van der Waals surface area contributed by atoms with Gasteiger partial charge in [-0.15, -0.1) is 0 Å². The van der Waals surface area contributed by atoms with E-state index in [1.165, 1.54) is 10.1 Å². The standard InChI is InChI=1S/C17H17NO2Se/c1-20-12-11-18-14-9-5-6-10-15(14)21-17(18)16(19)13-7-3-2-4-8-13/h2-10,17H,11-12H2,1H3. The Morgan fingerprint density at radius 2 is 1.86 bits per heavy atom. The van der Waals surface area contributed by atoms with Gasteiger partial charge in [-0.2, -0.15) is 0 Å². The van der Waals surface area contributed by atoms with Gasteiger partial charge in [0, 0.05) is 0 Å². The molecule has 4 heteroatoms. The molecule has 1 aliphatic rings. The average molecular weight is 346 g/mol. The molecule has 1 aliphatic heterocycles. The van der Waals surface area contributed by atoms with E-state index in [1.54, 1.807) is 7.11 Å². The van der Waals surface area contributed by atoms with Crippen LogP contribution in [0.3, 0.4) is 0 Å². The number of carbonyl (C=O) groups excluding carboxylic acids is 1. The predicted octanol–water partition coefficient (Wildman–Crippen LogP) is 1.69. The number of benzene rings is 2. The number of Topliss-reactive ketones (excluding diaryl/α,β-unsaturated/α-hetero) is 1. The third-order valence-corrected chi connectivity index (χ3v) is 6.22. The topological polar surface area (TPSA) is 29.5 Å². The van der Waals surface area contributed by atoms with Crippen molar-refractivity contribution in [3.63, 3.8) is 0 Å². The number of carbonyl (C=O) groups is 1. The van der Waals surface area contributed by atoms with Gasteiger partial charge in [-0.25, -0.2) is 0 Å². The van der Waals surface area contributed by atoms with E-state index in [0.29, 0.717) is 6.61 Å². The molecule has 1 unspecified atom stereocenters. The second-order valence-electron chi connectivity index (χ2n) is 4.85. The van der Waals surface area contributed by atoms with Crippen LogP contribution in [0.5, 0.6) is 0 Å². The Balaban J connectivity index is 1.89. The van der Waals surface area contributed by atoms with Crippen molar-refractivity contribution in [3.8, 4) is 0 Å². The molecule has 1 atom stereocenters. The third kappa shape index (κ3) is 2.88. The first kappa shape index (κ1) is 14.3. The zero-order valence-corrected chi connectivity index (χ0v) is 13.6. The van der Waals surface area contributed by atoms with E-state index in [4.69, 9.17) is 4.74 Å². The first-order valence-electron chi connectivity index (χ1n) is 6.92. The van der Waals surface area contributed by atoms with E-state index in [9.17, 15) is 4.79 Å². The molecule has 0 N–H and O–H groups in total. The molecule has 2 aromatic carbocycles. The van der Waals surface area contributed by atoms with Crippen LogP contribution in [-0.4, -0.2) is 45.9 Å². The molecule has 1 heterocycles. The van der Waals surface area contributed by atoms with Crippen LogP contribution >= 0.6 is 0 Å². The van der Waals surface area contributed by atoms with Gasteiger partial charge in [0.2, 0.25) is 0 Å². The maximum absolute atomic E-state index is 12.8. The van der Waals surface area contributed by atoms with Gasteiger partial charge < -0.3 is 0 Å². The van der Waals surface area contributed by atoms with Crippen LogP contribution in [0, 0.1) is 0 Å². The summed E-state index contributed by atoms with van der Waals surface area (Å²) < 4.78 is 6.51. The molecule has 0 fully saturated rings. The Morgan fingerprint density at radius 1 is 1.14 bits per heavy atom. The first-order chi connectivity index (χ1) is 10.3. The number of nitrogens with zero attached hydrogens (tertiary/aromatic N) is 1. The summed E-state index contributed by atoms with van der Waals surface area (Å²) in [6, 6.07) is 17.9. The van der Waals surface area contributed by atoms with Crippen molar-refractivity contribution in [3.05, 3.63) is 60.2 Å². The van der Waals surface area contributed by atoms with Gasteiger partial charge in [0.05, 0.1) is 0 Å². The summed E-state index contributed by atoms with van der Waals surface area (Å²) in [5, 5.41) is 0. The normalized spacial score (nSPS) is 16.8. The van der Waals surface area contributed by atoms with Crippen molar-refractivity contribution in [1.82, 2.24) is 0 Å². The van der Waals surface area contributed by atoms with Gasteiger partial charge in [-0.1, -0.05) is 0 Å². The summed E-state index contributed by atoms with van der Waals surface area (Å²) in [7, 11) is 1.70. The number of ketones is 1. The van der Waals surface area contributed by atoms with E-state index < -0.39 is 0 Å². The fourth-order valence-electron chi connectivity index (χ4n) is 2.47. The minimum atomic E-state index is -0.0625. The second-order valence-corrected chi connectivity index (χ2v) is 7.21. The average Bonchev–Trinajstić information content (AvgIpc) is 2.91. The van der Waals surface area contributed by atoms with Crippen molar-refractivity contribution in [2.24, 2.45) is 0 Å². The Kier molecular flexibility index (Phi) is 4.39. The summed E-state index contributed by atoms with van der Waals surface area (Å²) in [6.45, 7) is 1.38. The van der Waals surface area contributed by atoms with Gasteiger partial charge in [0.15, 0.2) is 0 Å². The van der Waals surface area contributed by atoms with Crippen molar-refractivity contribution in [2.45, 2.75) is 4.94 Å². The maximum atomic E-state index is 12.8. The van der Waals surface area contributed by atoms with Crippen LogP contribution < -0.4 is 9.36 Å². The Morgan fingerprint density at radius 3 is 2.62 bits per heavy atom. The van der Waals surface area contributed by atoms with E-state index in [0.717, 1.165) is 12.1 Å². The minimum absolute atomic E-state index is 0.0625. The fraction of sp³-hybridized carbons (Fsp3) is 0.235. The summed E-state index contributed by atoms with van der Waals surface area (Å²) in [6.07, 6.45) is 0. The van der Waals surface area contributed by atoms with Gasteiger partial charge in [0.1, 0.15) is 0 Å². The summed E-state index contributed by atoms with van der Waals surface area (Å²) in [5.41, 5.74) is 1.98. The summed E-state index contributed by atoms with van der Waals surface area (Å²) in [4.78, 5) is 15.0. The number of para-hydroxylation sites is 1. The van der Waals surface area contributed by atoms with Crippen LogP contribution in [0.15, 0.2) is 54.6 Å². The Labute approximate surface area is 131 Å². The molecule has 0 bridgehead atoms. The van der Waals surface area contributed by atoms with Crippen molar-refractivity contribution >= 4 is 30.9 Å². The van der Waals surface area contributed by atoms with Crippen LogP contribution in [0.25, 0.3) is 0 Å². The van der Waals surface area contributed by atoms with Gasteiger partial charge in [0.25, 0.3) is 0 Å². The van der Waals surface area contributed by atoms with Crippen molar-refractivity contribution in [2.75, 3.05) is 25.2 Å². The molecule has 0 aromatic heterocycles. The van der Waals surface area contributed by atoms with Gasteiger partial charge in [-0.3, -0.25) is 0 Å². The number of fused-ring (bicyclic) bond motifs is 1. The Hall–Kier alpha value is -1.61. The van der Waals surface area contributed by atoms with Crippen molar-refractivity contribution in [1.29, 1.82) is 0 Å².